The van der Waals surface area contributed by atoms with E-state index in [2.05, 4.69) is 15.3 Å². The second kappa shape index (κ2) is 6.07. The van der Waals surface area contributed by atoms with E-state index in [9.17, 15) is 0 Å². The van der Waals surface area contributed by atoms with Crippen molar-refractivity contribution in [3.63, 3.8) is 0 Å². The van der Waals surface area contributed by atoms with Gasteiger partial charge in [-0.3, -0.25) is 0 Å². The van der Waals surface area contributed by atoms with Crippen LogP contribution in [0.2, 0.25) is 0 Å². The summed E-state index contributed by atoms with van der Waals surface area (Å²) in [6.45, 7) is 0.879. The highest BCUT2D eigenvalue weighted by atomic mass is 16.7. The SMILES string of the molecule is c1coc(-c2nc(NCc3ccc4c(c3)OCO4)c3ccccc3n2)c1. The van der Waals surface area contributed by atoms with Crippen molar-refractivity contribution in [3.8, 4) is 23.1 Å². The minimum atomic E-state index is 0.273. The van der Waals surface area contributed by atoms with Crippen LogP contribution in [0.5, 0.6) is 11.5 Å². The van der Waals surface area contributed by atoms with Gasteiger partial charge in [0.15, 0.2) is 23.1 Å². The van der Waals surface area contributed by atoms with Gasteiger partial charge in [0.2, 0.25) is 6.79 Å². The normalized spacial score (nSPS) is 12.5. The molecule has 0 fully saturated rings. The molecule has 0 saturated heterocycles. The number of hydrogen-bond donors (Lipinski definition) is 1. The predicted molar refractivity (Wildman–Crippen MR) is 97.1 cm³/mol. The van der Waals surface area contributed by atoms with Crippen LogP contribution in [0.3, 0.4) is 0 Å². The number of ether oxygens (including phenoxy) is 2. The lowest BCUT2D eigenvalue weighted by Crippen LogP contribution is -2.04. The molecule has 5 rings (SSSR count). The van der Waals surface area contributed by atoms with Crippen LogP contribution in [0.15, 0.2) is 65.3 Å². The molecule has 1 aliphatic rings. The van der Waals surface area contributed by atoms with E-state index in [0.29, 0.717) is 18.1 Å². The average Bonchev–Trinajstić information content (AvgIpc) is 3.37. The highest BCUT2D eigenvalue weighted by molar-refractivity contribution is 5.90. The number of aromatic nitrogens is 2. The van der Waals surface area contributed by atoms with Gasteiger partial charge < -0.3 is 19.2 Å². The van der Waals surface area contributed by atoms with Crippen LogP contribution >= 0.6 is 0 Å². The summed E-state index contributed by atoms with van der Waals surface area (Å²) in [4.78, 5) is 9.26. The fraction of sp³-hybridized carbons (Fsp3) is 0.100. The molecule has 3 heterocycles. The quantitative estimate of drug-likeness (QED) is 0.597. The molecule has 0 aliphatic carbocycles. The summed E-state index contributed by atoms with van der Waals surface area (Å²) < 4.78 is 16.3. The zero-order chi connectivity index (χ0) is 17.3. The van der Waals surface area contributed by atoms with E-state index in [4.69, 9.17) is 13.9 Å². The van der Waals surface area contributed by atoms with Gasteiger partial charge in [0.25, 0.3) is 0 Å². The maximum absolute atomic E-state index is 5.45. The van der Waals surface area contributed by atoms with Crippen LogP contribution in [0.25, 0.3) is 22.5 Å². The van der Waals surface area contributed by atoms with Gasteiger partial charge in [0, 0.05) is 11.9 Å². The van der Waals surface area contributed by atoms with Crippen molar-refractivity contribution in [2.45, 2.75) is 6.54 Å². The highest BCUT2D eigenvalue weighted by Crippen LogP contribution is 2.33. The Kier molecular flexibility index (Phi) is 3.45. The summed E-state index contributed by atoms with van der Waals surface area (Å²) in [5.74, 6) is 3.51. The monoisotopic (exact) mass is 345 g/mol. The first-order valence-corrected chi connectivity index (χ1v) is 8.30. The Morgan fingerprint density at radius 3 is 2.77 bits per heavy atom. The van der Waals surface area contributed by atoms with Gasteiger partial charge in [-0.2, -0.15) is 0 Å². The molecule has 0 unspecified atom stereocenters. The Morgan fingerprint density at radius 2 is 1.85 bits per heavy atom. The van der Waals surface area contributed by atoms with Gasteiger partial charge in [-0.25, -0.2) is 9.97 Å². The molecule has 4 aromatic rings. The van der Waals surface area contributed by atoms with Crippen LogP contribution in [0, 0.1) is 0 Å². The topological polar surface area (TPSA) is 69.4 Å². The number of benzene rings is 2. The fourth-order valence-electron chi connectivity index (χ4n) is 2.96. The molecule has 6 heteroatoms. The molecule has 2 aromatic carbocycles. The van der Waals surface area contributed by atoms with Crippen molar-refractivity contribution >= 4 is 16.7 Å². The van der Waals surface area contributed by atoms with E-state index in [1.54, 1.807) is 6.26 Å². The van der Waals surface area contributed by atoms with E-state index in [1.165, 1.54) is 0 Å². The summed E-state index contributed by atoms with van der Waals surface area (Å²) >= 11 is 0. The summed E-state index contributed by atoms with van der Waals surface area (Å²) in [6, 6.07) is 17.5. The summed E-state index contributed by atoms with van der Waals surface area (Å²) in [5.41, 5.74) is 1.94. The van der Waals surface area contributed by atoms with Crippen LogP contribution in [-0.2, 0) is 6.54 Å². The van der Waals surface area contributed by atoms with Gasteiger partial charge >= 0.3 is 0 Å². The van der Waals surface area contributed by atoms with Gasteiger partial charge in [-0.1, -0.05) is 18.2 Å². The first-order valence-electron chi connectivity index (χ1n) is 8.30. The van der Waals surface area contributed by atoms with E-state index < -0.39 is 0 Å². The standard InChI is InChI=1S/C20H15N3O3/c1-2-5-15-14(4-1)19(23-20(22-15)17-6-3-9-24-17)21-11-13-7-8-16-18(10-13)26-12-25-16/h1-10H,11-12H2,(H,21,22,23). The molecular formula is C20H15N3O3. The number of para-hydroxylation sites is 1. The van der Waals surface area contributed by atoms with Crippen molar-refractivity contribution in [1.29, 1.82) is 0 Å². The largest absolute Gasteiger partial charge is 0.461 e. The molecule has 0 saturated carbocycles. The maximum Gasteiger partial charge on any atom is 0.231 e. The number of nitrogens with one attached hydrogen (secondary N) is 1. The van der Waals surface area contributed by atoms with Crippen molar-refractivity contribution in [1.82, 2.24) is 9.97 Å². The van der Waals surface area contributed by atoms with Gasteiger partial charge in [0.1, 0.15) is 5.82 Å². The van der Waals surface area contributed by atoms with Crippen molar-refractivity contribution in [2.24, 2.45) is 0 Å². The lowest BCUT2D eigenvalue weighted by molar-refractivity contribution is 0.174. The highest BCUT2D eigenvalue weighted by Gasteiger charge is 2.14. The molecule has 26 heavy (non-hydrogen) atoms. The zero-order valence-electron chi connectivity index (χ0n) is 13.8. The average molecular weight is 345 g/mol. The number of hydrogen-bond acceptors (Lipinski definition) is 6. The molecule has 0 atom stereocenters. The van der Waals surface area contributed by atoms with Gasteiger partial charge in [0.05, 0.1) is 11.8 Å². The Balaban J connectivity index is 1.49. The minimum absolute atomic E-state index is 0.273. The Bertz CT molecular complexity index is 1080. The molecule has 6 nitrogen and oxygen atoms in total. The summed E-state index contributed by atoms with van der Waals surface area (Å²) in [5, 5.41) is 4.37. The van der Waals surface area contributed by atoms with Crippen LogP contribution in [-0.4, -0.2) is 16.8 Å². The minimum Gasteiger partial charge on any atom is -0.461 e. The number of furan rings is 1. The lowest BCUT2D eigenvalue weighted by atomic mass is 10.2. The van der Waals surface area contributed by atoms with Crippen LogP contribution in [0.1, 0.15) is 5.56 Å². The third kappa shape index (κ3) is 2.61. The Hall–Kier alpha value is -3.54. The third-order valence-corrected chi connectivity index (χ3v) is 4.24. The van der Waals surface area contributed by atoms with Crippen molar-refractivity contribution < 1.29 is 13.9 Å². The first kappa shape index (κ1) is 14.8. The zero-order valence-corrected chi connectivity index (χ0v) is 13.8. The molecule has 1 N–H and O–H groups in total. The third-order valence-electron chi connectivity index (χ3n) is 4.24. The molecule has 128 valence electrons. The fourth-order valence-corrected chi connectivity index (χ4v) is 2.96. The number of anilines is 1. The van der Waals surface area contributed by atoms with E-state index in [0.717, 1.165) is 33.8 Å². The predicted octanol–water partition coefficient (Wildman–Crippen LogP) is 4.23. The molecule has 0 bridgehead atoms. The van der Waals surface area contributed by atoms with E-state index in [1.807, 2.05) is 54.6 Å². The molecule has 2 aromatic heterocycles. The number of rotatable bonds is 4. The molecular weight excluding hydrogens is 330 g/mol. The number of nitrogens with zero attached hydrogens (tertiary/aromatic N) is 2. The second-order valence-electron chi connectivity index (χ2n) is 5.93. The molecule has 0 amide bonds. The summed E-state index contributed by atoms with van der Waals surface area (Å²) in [6.07, 6.45) is 1.62. The van der Waals surface area contributed by atoms with E-state index >= 15 is 0 Å². The number of fused-ring (bicyclic) bond motifs is 2. The van der Waals surface area contributed by atoms with Crippen LogP contribution in [0.4, 0.5) is 5.82 Å². The maximum atomic E-state index is 5.45. The lowest BCUT2D eigenvalue weighted by Gasteiger charge is -2.10. The second-order valence-corrected chi connectivity index (χ2v) is 5.93. The molecule has 0 radical (unpaired) electrons. The van der Waals surface area contributed by atoms with Crippen molar-refractivity contribution in [2.75, 3.05) is 12.1 Å². The first-order chi connectivity index (χ1) is 12.9. The van der Waals surface area contributed by atoms with Gasteiger partial charge in [-0.05, 0) is 42.0 Å². The van der Waals surface area contributed by atoms with Gasteiger partial charge in [-0.15, -0.1) is 0 Å². The molecule has 1 aliphatic heterocycles. The molecule has 0 spiro atoms. The Morgan fingerprint density at radius 1 is 0.923 bits per heavy atom. The van der Waals surface area contributed by atoms with E-state index in [-0.39, 0.29) is 6.79 Å². The smallest absolute Gasteiger partial charge is 0.231 e. The van der Waals surface area contributed by atoms with Crippen molar-refractivity contribution in [3.05, 3.63) is 66.4 Å². The van der Waals surface area contributed by atoms with Crippen LogP contribution < -0.4 is 14.8 Å². The Labute approximate surface area is 149 Å². The summed E-state index contributed by atoms with van der Waals surface area (Å²) in [7, 11) is 0.